The number of benzene rings is 2. The Hall–Kier alpha value is -3.14. The van der Waals surface area contributed by atoms with Crippen molar-refractivity contribution < 1.29 is 14.3 Å². The first kappa shape index (κ1) is 20.1. The predicted octanol–water partition coefficient (Wildman–Crippen LogP) is 4.75. The number of nitrogens with one attached hydrogen (secondary N) is 1. The molecule has 4 nitrogen and oxygen atoms in total. The second-order valence-corrected chi connectivity index (χ2v) is 8.00. The molecular formula is C26H27NO3. The molecule has 0 radical (unpaired) electrons. The van der Waals surface area contributed by atoms with Crippen molar-refractivity contribution >= 4 is 34.3 Å². The summed E-state index contributed by atoms with van der Waals surface area (Å²) in [6.07, 6.45) is 10.9. The summed E-state index contributed by atoms with van der Waals surface area (Å²) in [6.45, 7) is 5.62. The van der Waals surface area contributed by atoms with Crippen LogP contribution < -0.4 is 5.32 Å². The lowest BCUT2D eigenvalue weighted by Crippen LogP contribution is -2.27. The van der Waals surface area contributed by atoms with Gasteiger partial charge in [-0.25, -0.2) is 4.79 Å². The van der Waals surface area contributed by atoms with Gasteiger partial charge in [-0.2, -0.15) is 0 Å². The van der Waals surface area contributed by atoms with E-state index in [4.69, 9.17) is 4.74 Å². The molecule has 2 aromatic carbocycles. The summed E-state index contributed by atoms with van der Waals surface area (Å²) < 4.78 is 4.99. The SMILES string of the molecule is C=C(C)C(=O)OCCNC(=O)CCCC1=CCc2ccc3c4c(ccc1c24)C=CC3. The van der Waals surface area contributed by atoms with Crippen molar-refractivity contribution in [1.29, 1.82) is 0 Å². The average molecular weight is 402 g/mol. The van der Waals surface area contributed by atoms with E-state index in [9.17, 15) is 9.59 Å². The Bertz CT molecular complexity index is 1090. The Morgan fingerprint density at radius 2 is 1.90 bits per heavy atom. The quantitative estimate of drug-likeness (QED) is 0.394. The average Bonchev–Trinajstić information content (AvgIpc) is 2.75. The lowest BCUT2D eigenvalue weighted by molar-refractivity contribution is -0.139. The lowest BCUT2D eigenvalue weighted by Gasteiger charge is -2.23. The van der Waals surface area contributed by atoms with Gasteiger partial charge < -0.3 is 10.1 Å². The highest BCUT2D eigenvalue weighted by molar-refractivity contribution is 6.04. The van der Waals surface area contributed by atoms with Crippen LogP contribution in [0.2, 0.25) is 0 Å². The lowest BCUT2D eigenvalue weighted by atomic mass is 9.81. The van der Waals surface area contributed by atoms with E-state index in [0.29, 0.717) is 18.5 Å². The van der Waals surface area contributed by atoms with Crippen LogP contribution in [0.15, 0.2) is 48.6 Å². The second-order valence-electron chi connectivity index (χ2n) is 8.00. The fraction of sp³-hybridized carbons (Fsp3) is 0.308. The summed E-state index contributed by atoms with van der Waals surface area (Å²) in [5.74, 6) is -0.440. The predicted molar refractivity (Wildman–Crippen MR) is 121 cm³/mol. The maximum Gasteiger partial charge on any atom is 0.333 e. The van der Waals surface area contributed by atoms with Crippen LogP contribution in [0.3, 0.4) is 0 Å². The zero-order valence-corrected chi connectivity index (χ0v) is 17.4. The molecule has 0 aliphatic heterocycles. The van der Waals surface area contributed by atoms with Crippen LogP contribution in [0.5, 0.6) is 0 Å². The van der Waals surface area contributed by atoms with Gasteiger partial charge in [0, 0.05) is 12.0 Å². The maximum atomic E-state index is 12.1. The van der Waals surface area contributed by atoms with Gasteiger partial charge in [-0.15, -0.1) is 0 Å². The van der Waals surface area contributed by atoms with E-state index in [1.165, 1.54) is 38.6 Å². The second kappa shape index (κ2) is 8.70. The Morgan fingerprint density at radius 3 is 2.70 bits per heavy atom. The highest BCUT2D eigenvalue weighted by Crippen LogP contribution is 2.40. The Morgan fingerprint density at radius 1 is 1.10 bits per heavy atom. The molecule has 0 atom stereocenters. The van der Waals surface area contributed by atoms with E-state index in [-0.39, 0.29) is 12.5 Å². The summed E-state index contributed by atoms with van der Waals surface area (Å²) in [7, 11) is 0. The molecule has 4 heteroatoms. The van der Waals surface area contributed by atoms with Gasteiger partial charge >= 0.3 is 5.97 Å². The third-order valence-electron chi connectivity index (χ3n) is 5.77. The number of carbonyl (C=O) groups excluding carboxylic acids is 2. The summed E-state index contributed by atoms with van der Waals surface area (Å²) in [4.78, 5) is 23.4. The zero-order chi connectivity index (χ0) is 21.1. The number of hydrogen-bond donors (Lipinski definition) is 1. The van der Waals surface area contributed by atoms with E-state index >= 15 is 0 Å². The zero-order valence-electron chi connectivity index (χ0n) is 17.4. The standard InChI is InChI=1S/C26H27NO3/c1-17(2)26(29)30-16-15-27-23(28)8-4-5-18-9-10-21-12-11-19-6-3-7-20-13-14-22(18)25(21)24(19)20/h3,7,9,11-14H,1,4-6,8,10,15-16H2,2H3,(H,27,28). The minimum atomic E-state index is -0.426. The van der Waals surface area contributed by atoms with Gasteiger partial charge in [0.05, 0.1) is 6.54 Å². The van der Waals surface area contributed by atoms with E-state index in [2.05, 4.69) is 54.4 Å². The molecule has 30 heavy (non-hydrogen) atoms. The molecule has 1 amide bonds. The Labute approximate surface area is 177 Å². The summed E-state index contributed by atoms with van der Waals surface area (Å²) >= 11 is 0. The van der Waals surface area contributed by atoms with E-state index in [1.807, 2.05) is 0 Å². The maximum absolute atomic E-state index is 12.1. The number of esters is 1. The minimum absolute atomic E-state index is 0.0134. The van der Waals surface area contributed by atoms with Gasteiger partial charge in [-0.3, -0.25) is 4.79 Å². The molecule has 0 bridgehead atoms. The molecule has 0 spiro atoms. The van der Waals surface area contributed by atoms with Gasteiger partial charge in [0.15, 0.2) is 0 Å². The number of amides is 1. The van der Waals surface area contributed by atoms with Crippen molar-refractivity contribution in [1.82, 2.24) is 5.32 Å². The molecule has 0 aromatic heterocycles. The van der Waals surface area contributed by atoms with Crippen LogP contribution in [0.4, 0.5) is 0 Å². The summed E-state index contributed by atoms with van der Waals surface area (Å²) in [5.41, 5.74) is 7.13. The van der Waals surface area contributed by atoms with Crippen molar-refractivity contribution in [2.45, 2.75) is 39.0 Å². The fourth-order valence-electron chi connectivity index (χ4n) is 4.29. The van der Waals surface area contributed by atoms with Crippen LogP contribution in [0.25, 0.3) is 22.4 Å². The van der Waals surface area contributed by atoms with Crippen molar-refractivity contribution in [2.24, 2.45) is 0 Å². The molecule has 2 aliphatic rings. The van der Waals surface area contributed by atoms with Crippen molar-refractivity contribution in [2.75, 3.05) is 13.2 Å². The Balaban J connectivity index is 1.34. The molecule has 0 unspecified atom stereocenters. The van der Waals surface area contributed by atoms with Crippen molar-refractivity contribution in [3.05, 3.63) is 70.8 Å². The van der Waals surface area contributed by atoms with Gasteiger partial charge in [0.2, 0.25) is 5.91 Å². The first-order valence-electron chi connectivity index (χ1n) is 10.6. The largest absolute Gasteiger partial charge is 0.460 e. The molecule has 4 rings (SSSR count). The van der Waals surface area contributed by atoms with Crippen LogP contribution in [-0.2, 0) is 27.2 Å². The number of carbonyl (C=O) groups is 2. The normalized spacial score (nSPS) is 13.7. The van der Waals surface area contributed by atoms with Gasteiger partial charge in [-0.05, 0) is 71.2 Å². The number of ether oxygens (including phenoxy) is 1. The van der Waals surface area contributed by atoms with E-state index < -0.39 is 5.97 Å². The first-order chi connectivity index (χ1) is 14.5. The van der Waals surface area contributed by atoms with Crippen LogP contribution in [0, 0.1) is 0 Å². The van der Waals surface area contributed by atoms with Crippen molar-refractivity contribution in [3.63, 3.8) is 0 Å². The molecule has 2 aliphatic carbocycles. The van der Waals surface area contributed by atoms with Gasteiger partial charge in [-0.1, -0.05) is 49.1 Å². The molecule has 154 valence electrons. The molecule has 0 heterocycles. The Kier molecular flexibility index (Phi) is 5.84. The van der Waals surface area contributed by atoms with Gasteiger partial charge in [0.25, 0.3) is 0 Å². The summed E-state index contributed by atoms with van der Waals surface area (Å²) in [6, 6.07) is 9.00. The summed E-state index contributed by atoms with van der Waals surface area (Å²) in [5, 5.41) is 5.61. The number of hydrogen-bond acceptors (Lipinski definition) is 3. The number of allylic oxidation sites excluding steroid dienone is 3. The van der Waals surface area contributed by atoms with E-state index in [0.717, 1.165) is 25.7 Å². The third kappa shape index (κ3) is 4.09. The monoisotopic (exact) mass is 401 g/mol. The molecule has 1 N–H and O–H groups in total. The smallest absolute Gasteiger partial charge is 0.333 e. The fourth-order valence-corrected chi connectivity index (χ4v) is 4.29. The number of rotatable bonds is 8. The topological polar surface area (TPSA) is 55.4 Å². The van der Waals surface area contributed by atoms with Crippen LogP contribution in [0.1, 0.15) is 48.4 Å². The molecule has 0 saturated heterocycles. The van der Waals surface area contributed by atoms with Gasteiger partial charge in [0.1, 0.15) is 6.61 Å². The molecule has 0 fully saturated rings. The van der Waals surface area contributed by atoms with Crippen molar-refractivity contribution in [3.8, 4) is 0 Å². The van der Waals surface area contributed by atoms with E-state index in [1.54, 1.807) is 6.92 Å². The highest BCUT2D eigenvalue weighted by atomic mass is 16.5. The highest BCUT2D eigenvalue weighted by Gasteiger charge is 2.19. The van der Waals surface area contributed by atoms with Crippen LogP contribution in [-0.4, -0.2) is 25.0 Å². The first-order valence-corrected chi connectivity index (χ1v) is 10.6. The third-order valence-corrected chi connectivity index (χ3v) is 5.77. The molecule has 0 saturated carbocycles. The van der Waals surface area contributed by atoms with Crippen LogP contribution >= 0.6 is 0 Å². The molecular weight excluding hydrogens is 374 g/mol. The minimum Gasteiger partial charge on any atom is -0.460 e. The molecule has 2 aromatic rings.